The van der Waals surface area contributed by atoms with Gasteiger partial charge in [0.2, 0.25) is 0 Å². The first-order valence-corrected chi connectivity index (χ1v) is 15.9. The number of piperazine rings is 1. The van der Waals surface area contributed by atoms with Crippen LogP contribution in [0.15, 0.2) is 60.3 Å². The number of amides is 2. The fourth-order valence-electron chi connectivity index (χ4n) is 5.65. The Kier molecular flexibility index (Phi) is 11.0. The molecule has 252 valence electrons. The average molecular weight is 655 g/mol. The lowest BCUT2D eigenvalue weighted by molar-refractivity contribution is 0.0987. The van der Waals surface area contributed by atoms with Crippen LogP contribution in [-0.2, 0) is 4.79 Å². The van der Waals surface area contributed by atoms with E-state index < -0.39 is 5.91 Å². The number of unbranched alkanes of at least 4 members (excludes halogenated alkanes) is 1. The molecule has 0 aliphatic carbocycles. The van der Waals surface area contributed by atoms with Crippen LogP contribution >= 0.6 is 0 Å². The number of hydrogen-bond donors (Lipinski definition) is 2. The predicted octanol–water partition coefficient (Wildman–Crippen LogP) is 4.93. The zero-order valence-corrected chi connectivity index (χ0v) is 28.1. The highest BCUT2D eigenvalue weighted by Crippen LogP contribution is 2.32. The molecule has 0 unspecified atom stereocenters. The van der Waals surface area contributed by atoms with E-state index in [0.717, 1.165) is 50.3 Å². The van der Waals surface area contributed by atoms with Crippen LogP contribution in [0.25, 0.3) is 11.0 Å². The minimum atomic E-state index is -0.415. The molecule has 0 radical (unpaired) electrons. The molecule has 0 spiro atoms. The van der Waals surface area contributed by atoms with Crippen molar-refractivity contribution in [3.05, 3.63) is 77.0 Å². The van der Waals surface area contributed by atoms with Gasteiger partial charge < -0.3 is 39.2 Å². The van der Waals surface area contributed by atoms with Crippen molar-refractivity contribution in [3.63, 3.8) is 0 Å². The number of carbonyl (C=O) groups is 2. The molecule has 3 aromatic carbocycles. The summed E-state index contributed by atoms with van der Waals surface area (Å²) < 4.78 is 16.9. The topological polar surface area (TPSA) is 129 Å². The third-order valence-electron chi connectivity index (χ3n) is 8.48. The number of aromatic nitrogens is 2. The molecule has 1 fully saturated rings. The van der Waals surface area contributed by atoms with Crippen molar-refractivity contribution >= 4 is 40.2 Å². The summed E-state index contributed by atoms with van der Waals surface area (Å²) >= 11 is 0. The Morgan fingerprint density at radius 1 is 1.00 bits per heavy atom. The summed E-state index contributed by atoms with van der Waals surface area (Å²) in [5.74, 6) is 2.27. The second-order valence-corrected chi connectivity index (χ2v) is 11.8. The van der Waals surface area contributed by atoms with Gasteiger partial charge in [-0.25, -0.2) is 4.79 Å². The lowest BCUT2D eigenvalue weighted by atomic mass is 10.1. The molecule has 1 aliphatic rings. The summed E-state index contributed by atoms with van der Waals surface area (Å²) in [6, 6.07) is 16.1. The van der Waals surface area contributed by atoms with Gasteiger partial charge in [-0.3, -0.25) is 9.59 Å². The highest BCUT2D eigenvalue weighted by molar-refractivity contribution is 6.11. The Morgan fingerprint density at radius 3 is 2.52 bits per heavy atom. The lowest BCUT2D eigenvalue weighted by Gasteiger charge is -2.34. The normalized spacial score (nSPS) is 13.1. The van der Waals surface area contributed by atoms with Gasteiger partial charge in [-0.15, -0.1) is 0 Å². The van der Waals surface area contributed by atoms with Crippen LogP contribution in [0.3, 0.4) is 0 Å². The van der Waals surface area contributed by atoms with Crippen LogP contribution in [0.5, 0.6) is 17.5 Å². The number of benzene rings is 3. The fourth-order valence-corrected chi connectivity index (χ4v) is 5.65. The number of hydrogen-bond acceptors (Lipinski definition) is 9. The number of nitrogens with zero attached hydrogens (tertiary/aromatic N) is 4. The summed E-state index contributed by atoms with van der Waals surface area (Å²) in [5, 5.41) is 2.89. The Balaban J connectivity index is 1.23. The maximum atomic E-state index is 13.7. The number of carbonyl (C=O) groups excluding carboxylic acids is 3. The van der Waals surface area contributed by atoms with Crippen LogP contribution in [0.1, 0.15) is 45.5 Å². The third-order valence-corrected chi connectivity index (χ3v) is 8.48. The number of ether oxygens (including phenoxy) is 3. The van der Waals surface area contributed by atoms with Gasteiger partial charge in [0.05, 0.1) is 49.0 Å². The molecule has 48 heavy (non-hydrogen) atoms. The summed E-state index contributed by atoms with van der Waals surface area (Å²) in [5.41, 5.74) is 4.70. The summed E-state index contributed by atoms with van der Waals surface area (Å²) in [4.78, 5) is 51.9. The summed E-state index contributed by atoms with van der Waals surface area (Å²) in [7, 11) is 6.73. The number of aromatic amines is 1. The van der Waals surface area contributed by atoms with Crippen molar-refractivity contribution in [1.82, 2.24) is 19.8 Å². The first-order chi connectivity index (χ1) is 23.2. The average Bonchev–Trinajstić information content (AvgIpc) is 3.54. The minimum absolute atomic E-state index is 0.249. The lowest BCUT2D eigenvalue weighted by Crippen LogP contribution is -2.44. The number of H-pyrrole nitrogens is 1. The van der Waals surface area contributed by atoms with Crippen molar-refractivity contribution in [2.24, 2.45) is 0 Å². The largest absolute Gasteiger partial charge is 0.496 e. The number of methoxy groups -OCH3 is 2. The molecule has 12 heteroatoms. The van der Waals surface area contributed by atoms with Crippen molar-refractivity contribution in [3.8, 4) is 17.5 Å². The van der Waals surface area contributed by atoms with E-state index in [2.05, 4.69) is 38.1 Å². The maximum Gasteiger partial charge on any atom is 0.294 e. The molecule has 1 saturated heterocycles. The second kappa shape index (κ2) is 15.5. The Labute approximate surface area is 280 Å². The third kappa shape index (κ3) is 7.79. The van der Waals surface area contributed by atoms with Gasteiger partial charge in [-0.05, 0) is 81.3 Å². The van der Waals surface area contributed by atoms with Gasteiger partial charge in [-0.2, -0.15) is 4.98 Å². The van der Waals surface area contributed by atoms with Crippen molar-refractivity contribution < 1.29 is 28.6 Å². The van der Waals surface area contributed by atoms with E-state index in [9.17, 15) is 14.4 Å². The molecule has 1 aliphatic heterocycles. The molecule has 1 aromatic heterocycles. The van der Waals surface area contributed by atoms with Crippen LogP contribution in [-0.4, -0.2) is 98.6 Å². The molecule has 0 atom stereocenters. The van der Waals surface area contributed by atoms with Gasteiger partial charge >= 0.3 is 0 Å². The monoisotopic (exact) mass is 654 g/mol. The minimum Gasteiger partial charge on any atom is -0.496 e. The van der Waals surface area contributed by atoms with Crippen LogP contribution in [0.4, 0.5) is 11.4 Å². The molecule has 0 bridgehead atoms. The molecule has 5 rings (SSSR count). The number of fused-ring (bicyclic) bond motifs is 1. The molecule has 0 saturated carbocycles. The number of anilines is 2. The second-order valence-electron chi connectivity index (χ2n) is 11.8. The number of nitrogens with one attached hydrogen (secondary N) is 2. The highest BCUT2D eigenvalue weighted by atomic mass is 16.5. The van der Waals surface area contributed by atoms with Gasteiger partial charge in [0.1, 0.15) is 23.0 Å². The van der Waals surface area contributed by atoms with E-state index in [1.54, 1.807) is 37.4 Å². The zero-order valence-electron chi connectivity index (χ0n) is 28.1. The van der Waals surface area contributed by atoms with Crippen molar-refractivity contribution in [2.45, 2.75) is 26.2 Å². The Bertz CT molecular complexity index is 1820. The maximum absolute atomic E-state index is 13.7. The van der Waals surface area contributed by atoms with Gasteiger partial charge in [0.25, 0.3) is 17.8 Å². The molecule has 2 amide bonds. The number of allylic oxidation sites excluding steroid dienone is 1. The number of aryl methyl sites for hydroxylation is 1. The van der Waals surface area contributed by atoms with E-state index in [0.29, 0.717) is 52.8 Å². The van der Waals surface area contributed by atoms with E-state index in [-0.39, 0.29) is 17.2 Å². The molecule has 2 heterocycles. The number of para-hydroxylation sites is 1. The highest BCUT2D eigenvalue weighted by Gasteiger charge is 2.22. The summed E-state index contributed by atoms with van der Waals surface area (Å²) in [6.45, 7) is 5.94. The SMILES string of the molecule is COc1nc2c(NC(=O)c3ccc(C(=O)N(C)c4ccc(C)cc4OCCCCC(=C=O)N4CCN(C)CC4)cc3OC)cccc2[nH]1. The zero-order chi connectivity index (χ0) is 34.2. The first kappa shape index (κ1) is 34.0. The van der Waals surface area contributed by atoms with E-state index in [4.69, 9.17) is 14.2 Å². The number of imidazole rings is 1. The van der Waals surface area contributed by atoms with Crippen molar-refractivity contribution in [1.29, 1.82) is 0 Å². The van der Waals surface area contributed by atoms with Gasteiger partial charge in [0, 0.05) is 38.8 Å². The number of rotatable bonds is 13. The van der Waals surface area contributed by atoms with E-state index in [1.807, 2.05) is 31.2 Å². The van der Waals surface area contributed by atoms with Gasteiger partial charge in [-0.1, -0.05) is 12.1 Å². The van der Waals surface area contributed by atoms with Crippen LogP contribution < -0.4 is 24.4 Å². The summed E-state index contributed by atoms with van der Waals surface area (Å²) in [6.07, 6.45) is 2.18. The molecular weight excluding hydrogens is 612 g/mol. The van der Waals surface area contributed by atoms with Crippen LogP contribution in [0, 0.1) is 6.92 Å². The van der Waals surface area contributed by atoms with E-state index in [1.165, 1.54) is 19.1 Å². The number of likely N-dealkylation sites (N-methyl/N-ethyl adjacent to an activating group) is 1. The van der Waals surface area contributed by atoms with E-state index >= 15 is 0 Å². The molecule has 4 aromatic rings. The predicted molar refractivity (Wildman–Crippen MR) is 185 cm³/mol. The standard InChI is InChI=1S/C36H42N6O6/c1-24-12-15-30(32(21-24)48-20-7-6-9-26(23-43)42-18-16-40(2)17-19-42)41(3)35(45)25-13-14-27(31(22-25)46-4)34(44)37-28-10-8-11-29-33(28)39-36(38-29)47-5/h8,10-15,21-22H,6-7,9,16-20H2,1-5H3,(H,37,44)(H,38,39). The smallest absolute Gasteiger partial charge is 0.294 e. The molecule has 12 nitrogen and oxygen atoms in total. The van der Waals surface area contributed by atoms with Crippen LogP contribution in [0.2, 0.25) is 0 Å². The van der Waals surface area contributed by atoms with Crippen molar-refractivity contribution in [2.75, 3.05) is 71.3 Å². The molecular formula is C36H42N6O6. The quantitative estimate of drug-likeness (QED) is 0.152. The Morgan fingerprint density at radius 2 is 1.79 bits per heavy atom. The first-order valence-electron chi connectivity index (χ1n) is 15.9. The fraction of sp³-hybridized carbons (Fsp3) is 0.361. The molecule has 2 N–H and O–H groups in total. The van der Waals surface area contributed by atoms with Gasteiger partial charge in [0.15, 0.2) is 0 Å². The Hall–Kier alpha value is -5.32.